The molecule has 3 rings (SSSR count). The minimum atomic E-state index is -1.08. The summed E-state index contributed by atoms with van der Waals surface area (Å²) in [6.07, 6.45) is 0. The summed E-state index contributed by atoms with van der Waals surface area (Å²) in [5, 5.41) is 32.0. The first-order valence-electron chi connectivity index (χ1n) is 8.91. The maximum absolute atomic E-state index is 11.7. The Morgan fingerprint density at radius 1 is 1.03 bits per heavy atom. The van der Waals surface area contributed by atoms with Gasteiger partial charge in [0.2, 0.25) is 0 Å². The fraction of sp³-hybridized carbons (Fsp3) is 0.278. The quantitative estimate of drug-likeness (QED) is 0.408. The van der Waals surface area contributed by atoms with Crippen LogP contribution in [-0.2, 0) is 0 Å². The van der Waals surface area contributed by atoms with Gasteiger partial charge in [-0.2, -0.15) is 0 Å². The number of nitrogens with zero attached hydrogens (tertiary/aromatic N) is 4. The van der Waals surface area contributed by atoms with Crippen LogP contribution in [0.1, 0.15) is 10.4 Å². The number of hydrogen-bond acceptors (Lipinski definition) is 9. The number of methoxy groups -OCH3 is 1. The van der Waals surface area contributed by atoms with Gasteiger partial charge in [-0.1, -0.05) is 12.1 Å². The Kier molecular flexibility index (Phi) is 5.97. The largest absolute Gasteiger partial charge is 0.495 e. The lowest BCUT2D eigenvalue weighted by molar-refractivity contribution is -0.392. The first-order valence-corrected chi connectivity index (χ1v) is 8.91. The molecule has 0 radical (unpaired) electrons. The zero-order chi connectivity index (χ0) is 21.8. The topological polar surface area (TPSA) is 151 Å². The third-order valence-electron chi connectivity index (χ3n) is 4.85. The monoisotopic (exact) mass is 417 g/mol. The number of benzene rings is 2. The summed E-state index contributed by atoms with van der Waals surface area (Å²) in [4.78, 5) is 36.9. The maximum Gasteiger partial charge on any atom is 0.300 e. The van der Waals surface area contributed by atoms with Gasteiger partial charge in [0.15, 0.2) is 5.69 Å². The lowest BCUT2D eigenvalue weighted by Gasteiger charge is -2.37. The average Bonchev–Trinajstić information content (AvgIpc) is 2.77. The summed E-state index contributed by atoms with van der Waals surface area (Å²) in [7, 11) is 1.56. The third kappa shape index (κ3) is 3.93. The smallest absolute Gasteiger partial charge is 0.300 e. The fourth-order valence-electron chi connectivity index (χ4n) is 3.46. The van der Waals surface area contributed by atoms with Crippen molar-refractivity contribution in [3.63, 3.8) is 0 Å². The molecule has 2 aromatic carbocycles. The van der Waals surface area contributed by atoms with E-state index in [1.54, 1.807) is 12.0 Å². The highest BCUT2D eigenvalue weighted by Gasteiger charge is 2.34. The highest BCUT2D eigenvalue weighted by Crippen LogP contribution is 2.40. The lowest BCUT2D eigenvalue weighted by Crippen LogP contribution is -2.47. The number of rotatable bonds is 6. The van der Waals surface area contributed by atoms with Gasteiger partial charge >= 0.3 is 0 Å². The number of nitro groups is 2. The zero-order valence-corrected chi connectivity index (χ0v) is 16.0. The molecule has 0 spiro atoms. The molecule has 1 saturated heterocycles. The molecule has 1 fully saturated rings. The van der Waals surface area contributed by atoms with Crippen LogP contribution in [0, 0.1) is 20.2 Å². The second-order valence-electron chi connectivity index (χ2n) is 6.46. The van der Waals surface area contributed by atoms with Crippen molar-refractivity contribution in [3.8, 4) is 5.75 Å². The van der Waals surface area contributed by atoms with Gasteiger partial charge in [0.1, 0.15) is 5.75 Å². The number of anilines is 2. The van der Waals surface area contributed by atoms with E-state index in [4.69, 9.17) is 9.94 Å². The SMILES string of the molecule is COc1ccccc1N1CCN(c2c([N+](=O)[O-])cc(C(=O)NO)cc2[N+](=O)[O-])CC1. The molecule has 1 amide bonds. The van der Waals surface area contributed by atoms with Gasteiger partial charge in [0.25, 0.3) is 17.3 Å². The van der Waals surface area contributed by atoms with E-state index in [0.29, 0.717) is 18.8 Å². The van der Waals surface area contributed by atoms with Crippen molar-refractivity contribution in [1.82, 2.24) is 5.48 Å². The molecule has 158 valence electrons. The van der Waals surface area contributed by atoms with E-state index in [1.165, 1.54) is 5.48 Å². The van der Waals surface area contributed by atoms with Crippen molar-refractivity contribution in [2.24, 2.45) is 0 Å². The Bertz CT molecular complexity index is 954. The standard InChI is InChI=1S/C18H19N5O7/c1-30-16-5-3-2-4-13(16)20-6-8-21(9-7-20)17-14(22(26)27)10-12(18(24)19-25)11-15(17)23(28)29/h2-5,10-11,25H,6-9H2,1H3,(H,19,24). The second kappa shape index (κ2) is 8.61. The molecular formula is C18H19N5O7. The van der Waals surface area contributed by atoms with Gasteiger partial charge in [-0.05, 0) is 12.1 Å². The number of para-hydroxylation sites is 2. The van der Waals surface area contributed by atoms with Gasteiger partial charge < -0.3 is 14.5 Å². The predicted octanol–water partition coefficient (Wildman–Crippen LogP) is 1.96. The van der Waals surface area contributed by atoms with Crippen LogP contribution < -0.4 is 20.0 Å². The van der Waals surface area contributed by atoms with E-state index >= 15 is 0 Å². The Hall–Kier alpha value is -3.93. The number of piperazine rings is 1. The highest BCUT2D eigenvalue weighted by atomic mass is 16.6. The molecule has 1 heterocycles. The number of carbonyl (C=O) groups excluding carboxylic acids is 1. The lowest BCUT2D eigenvalue weighted by atomic mass is 10.1. The van der Waals surface area contributed by atoms with E-state index in [2.05, 4.69) is 0 Å². The summed E-state index contributed by atoms with van der Waals surface area (Å²) in [5.74, 6) is -0.393. The van der Waals surface area contributed by atoms with E-state index in [9.17, 15) is 25.0 Å². The number of hydrogen-bond donors (Lipinski definition) is 2. The number of nitro benzene ring substituents is 2. The molecular weight excluding hydrogens is 398 g/mol. The van der Waals surface area contributed by atoms with Crippen molar-refractivity contribution >= 4 is 28.7 Å². The maximum atomic E-state index is 11.7. The predicted molar refractivity (Wildman–Crippen MR) is 106 cm³/mol. The van der Waals surface area contributed by atoms with Crippen molar-refractivity contribution in [2.75, 3.05) is 43.1 Å². The van der Waals surface area contributed by atoms with Crippen molar-refractivity contribution < 1.29 is 24.6 Å². The van der Waals surface area contributed by atoms with E-state index in [-0.39, 0.29) is 24.3 Å². The van der Waals surface area contributed by atoms with E-state index < -0.39 is 27.1 Å². The number of ether oxygens (including phenoxy) is 1. The molecule has 0 aromatic heterocycles. The van der Waals surface area contributed by atoms with Crippen LogP contribution in [0.2, 0.25) is 0 Å². The minimum Gasteiger partial charge on any atom is -0.495 e. The number of carbonyl (C=O) groups is 1. The molecule has 0 unspecified atom stereocenters. The van der Waals surface area contributed by atoms with E-state index in [0.717, 1.165) is 17.8 Å². The summed E-state index contributed by atoms with van der Waals surface area (Å²) < 4.78 is 5.37. The first-order chi connectivity index (χ1) is 14.4. The van der Waals surface area contributed by atoms with Gasteiger partial charge in [-0.25, -0.2) is 5.48 Å². The van der Waals surface area contributed by atoms with Gasteiger partial charge in [0, 0.05) is 38.3 Å². The summed E-state index contributed by atoms with van der Waals surface area (Å²) >= 11 is 0. The van der Waals surface area contributed by atoms with Crippen LogP contribution in [0.15, 0.2) is 36.4 Å². The van der Waals surface area contributed by atoms with Crippen LogP contribution in [0.5, 0.6) is 5.75 Å². The average molecular weight is 417 g/mol. The van der Waals surface area contributed by atoms with Crippen LogP contribution in [0.25, 0.3) is 0 Å². The molecule has 0 atom stereocenters. The first kappa shape index (κ1) is 20.8. The van der Waals surface area contributed by atoms with Crippen LogP contribution in [-0.4, -0.2) is 54.2 Å². The zero-order valence-electron chi connectivity index (χ0n) is 16.0. The van der Waals surface area contributed by atoms with Gasteiger partial charge in [-0.3, -0.25) is 30.2 Å². The summed E-state index contributed by atoms with van der Waals surface area (Å²) in [6, 6.07) is 9.26. The molecule has 30 heavy (non-hydrogen) atoms. The molecule has 0 aliphatic carbocycles. The summed E-state index contributed by atoms with van der Waals surface area (Å²) in [6.45, 7) is 1.47. The molecule has 12 nitrogen and oxygen atoms in total. The van der Waals surface area contributed by atoms with Crippen molar-refractivity contribution in [3.05, 3.63) is 62.2 Å². The second-order valence-corrected chi connectivity index (χ2v) is 6.46. The van der Waals surface area contributed by atoms with Crippen molar-refractivity contribution in [2.45, 2.75) is 0 Å². The number of hydroxylamine groups is 1. The van der Waals surface area contributed by atoms with E-state index in [1.807, 2.05) is 29.2 Å². The van der Waals surface area contributed by atoms with Gasteiger partial charge in [-0.15, -0.1) is 0 Å². The Balaban J connectivity index is 1.95. The van der Waals surface area contributed by atoms with Crippen LogP contribution >= 0.6 is 0 Å². The highest BCUT2D eigenvalue weighted by molar-refractivity contribution is 5.97. The molecule has 12 heteroatoms. The summed E-state index contributed by atoms with van der Waals surface area (Å²) in [5.41, 5.74) is 0.490. The normalized spacial score (nSPS) is 13.7. The van der Waals surface area contributed by atoms with Crippen LogP contribution in [0.4, 0.5) is 22.7 Å². The minimum absolute atomic E-state index is 0.167. The molecule has 2 aromatic rings. The molecule has 1 aliphatic rings. The fourth-order valence-corrected chi connectivity index (χ4v) is 3.46. The molecule has 0 bridgehead atoms. The number of nitrogens with one attached hydrogen (secondary N) is 1. The third-order valence-corrected chi connectivity index (χ3v) is 4.85. The number of amides is 1. The molecule has 2 N–H and O–H groups in total. The van der Waals surface area contributed by atoms with Gasteiger partial charge in [0.05, 0.1) is 28.2 Å². The Morgan fingerprint density at radius 2 is 1.57 bits per heavy atom. The Morgan fingerprint density at radius 3 is 2.07 bits per heavy atom. The van der Waals surface area contributed by atoms with Crippen molar-refractivity contribution in [1.29, 1.82) is 0 Å². The molecule has 0 saturated carbocycles. The Labute approximate surface area is 170 Å². The molecule has 1 aliphatic heterocycles. The van der Waals surface area contributed by atoms with Crippen LogP contribution in [0.3, 0.4) is 0 Å².